The van der Waals surface area contributed by atoms with Crippen molar-refractivity contribution in [2.45, 2.75) is 38.1 Å². The molecule has 1 aromatic heterocycles. The average Bonchev–Trinajstić information content (AvgIpc) is 3.32. The molecule has 4 aromatic rings. The van der Waals surface area contributed by atoms with E-state index in [0.29, 0.717) is 22.6 Å². The Morgan fingerprint density at radius 2 is 1.71 bits per heavy atom. The van der Waals surface area contributed by atoms with E-state index < -0.39 is 24.1 Å². The van der Waals surface area contributed by atoms with Crippen LogP contribution in [0.15, 0.2) is 72.8 Å². The number of ether oxygens (including phenoxy) is 1. The van der Waals surface area contributed by atoms with Gasteiger partial charge in [-0.2, -0.15) is 9.78 Å². The minimum atomic E-state index is -4.85. The van der Waals surface area contributed by atoms with Crippen molar-refractivity contribution in [3.63, 3.8) is 0 Å². The number of rotatable bonds is 7. The zero-order chi connectivity index (χ0) is 29.1. The van der Waals surface area contributed by atoms with E-state index in [0.717, 1.165) is 31.4 Å². The van der Waals surface area contributed by atoms with E-state index in [2.05, 4.69) is 20.5 Å². The van der Waals surface area contributed by atoms with Crippen LogP contribution in [0, 0.1) is 5.82 Å². The quantitative estimate of drug-likeness (QED) is 0.173. The van der Waals surface area contributed by atoms with Crippen LogP contribution in [0.25, 0.3) is 11.3 Å². The summed E-state index contributed by atoms with van der Waals surface area (Å²) in [6.45, 7) is 0.161. The molecule has 0 spiro atoms. The molecule has 8 nitrogen and oxygen atoms in total. The molecule has 1 aliphatic carbocycles. The lowest BCUT2D eigenvalue weighted by molar-refractivity contribution is -0.274. The minimum Gasteiger partial charge on any atom is -0.507 e. The maximum Gasteiger partial charge on any atom is 0.573 e. The number of alkyl halides is 3. The molecule has 2 amide bonds. The first-order valence-corrected chi connectivity index (χ1v) is 12.7. The van der Waals surface area contributed by atoms with Gasteiger partial charge in [0.25, 0.3) is 5.91 Å². The lowest BCUT2D eigenvalue weighted by Gasteiger charge is -2.25. The van der Waals surface area contributed by atoms with Crippen LogP contribution in [0.3, 0.4) is 0 Å². The number of carbonyl (C=O) groups excluding carboxylic acids is 2. The second-order valence-electron chi connectivity index (χ2n) is 9.54. The lowest BCUT2D eigenvalue weighted by Crippen LogP contribution is -2.31. The molecule has 1 fully saturated rings. The van der Waals surface area contributed by atoms with Crippen LogP contribution >= 0.6 is 0 Å². The van der Waals surface area contributed by atoms with Gasteiger partial charge in [0.2, 0.25) is 0 Å². The summed E-state index contributed by atoms with van der Waals surface area (Å²) < 4.78 is 55.5. The number of anilines is 1. The van der Waals surface area contributed by atoms with E-state index in [1.54, 1.807) is 18.2 Å². The molecule has 0 aliphatic heterocycles. The fraction of sp³-hybridized carbons (Fsp3) is 0.207. The van der Waals surface area contributed by atoms with E-state index in [1.165, 1.54) is 47.1 Å². The summed E-state index contributed by atoms with van der Waals surface area (Å²) in [5.41, 5.74) is 2.34. The van der Waals surface area contributed by atoms with Gasteiger partial charge in [0.1, 0.15) is 17.3 Å². The highest BCUT2D eigenvalue weighted by atomic mass is 19.4. The molecule has 0 atom stereocenters. The topological polar surface area (TPSA) is 105 Å². The molecule has 0 saturated heterocycles. The SMILES string of the molecule is O=C(Nc1ccc(O)c(-c2cc(C3CCC3)n(C(=O)NCc3ccc(F)cc3)n2)c1)c1ccc(OC(F)(F)F)cc1. The van der Waals surface area contributed by atoms with Gasteiger partial charge in [-0.15, -0.1) is 13.2 Å². The maximum atomic E-state index is 13.2. The molecular formula is C29H24F4N4O4. The first-order valence-electron chi connectivity index (χ1n) is 12.7. The summed E-state index contributed by atoms with van der Waals surface area (Å²) in [7, 11) is 0. The highest BCUT2D eigenvalue weighted by Gasteiger charge is 2.31. The number of phenols is 1. The fourth-order valence-corrected chi connectivity index (χ4v) is 4.37. The largest absolute Gasteiger partial charge is 0.573 e. The Bertz CT molecular complexity index is 1560. The van der Waals surface area contributed by atoms with Crippen LogP contribution in [0.1, 0.15) is 46.8 Å². The normalized spacial score (nSPS) is 13.4. The van der Waals surface area contributed by atoms with Gasteiger partial charge in [-0.05, 0) is 79.1 Å². The number of hydrogen-bond donors (Lipinski definition) is 3. The van der Waals surface area contributed by atoms with Gasteiger partial charge in [-0.1, -0.05) is 18.6 Å². The first-order chi connectivity index (χ1) is 19.6. The van der Waals surface area contributed by atoms with Gasteiger partial charge in [-0.3, -0.25) is 4.79 Å². The summed E-state index contributed by atoms with van der Waals surface area (Å²) in [6.07, 6.45) is -2.07. The molecule has 0 unspecified atom stereocenters. The van der Waals surface area contributed by atoms with Crippen LogP contribution in [-0.2, 0) is 6.54 Å². The van der Waals surface area contributed by atoms with Crippen molar-refractivity contribution in [1.29, 1.82) is 0 Å². The number of aromatic nitrogens is 2. The van der Waals surface area contributed by atoms with Gasteiger partial charge >= 0.3 is 12.4 Å². The van der Waals surface area contributed by atoms with E-state index >= 15 is 0 Å². The monoisotopic (exact) mass is 568 g/mol. The summed E-state index contributed by atoms with van der Waals surface area (Å²) in [6, 6.07) is 15.7. The standard InChI is InChI=1S/C29H24F4N4O4/c30-20-8-4-17(5-9-20)16-34-28(40)37-25(18-2-1-3-18)15-24(36-37)23-14-21(10-13-26(23)38)35-27(39)19-6-11-22(12-7-19)41-29(31,32)33/h4-15,18,38H,1-3,16H2,(H,34,40)(H,35,39). The number of aromatic hydroxyl groups is 1. The number of carbonyl (C=O) groups is 2. The van der Waals surface area contributed by atoms with Crippen molar-refractivity contribution >= 4 is 17.6 Å². The molecule has 212 valence electrons. The Kier molecular flexibility index (Phi) is 7.64. The van der Waals surface area contributed by atoms with Crippen LogP contribution in [0.2, 0.25) is 0 Å². The lowest BCUT2D eigenvalue weighted by atomic mass is 9.82. The van der Waals surface area contributed by atoms with Gasteiger partial charge in [-0.25, -0.2) is 9.18 Å². The van der Waals surface area contributed by atoms with Crippen LogP contribution in [0.4, 0.5) is 28.0 Å². The third-order valence-corrected chi connectivity index (χ3v) is 6.69. The maximum absolute atomic E-state index is 13.2. The van der Waals surface area contributed by atoms with Crippen LogP contribution in [0.5, 0.6) is 11.5 Å². The van der Waals surface area contributed by atoms with Crippen molar-refractivity contribution in [3.8, 4) is 22.8 Å². The summed E-state index contributed by atoms with van der Waals surface area (Å²) in [5, 5.41) is 20.5. The second-order valence-corrected chi connectivity index (χ2v) is 9.54. The Balaban J connectivity index is 1.34. The number of phenolic OH excluding ortho intramolecular Hbond substituents is 1. The number of benzene rings is 3. The number of halogens is 4. The average molecular weight is 569 g/mol. The predicted octanol–water partition coefficient (Wildman–Crippen LogP) is 6.57. The molecule has 5 rings (SSSR count). The molecule has 41 heavy (non-hydrogen) atoms. The van der Waals surface area contributed by atoms with Crippen LogP contribution < -0.4 is 15.4 Å². The van der Waals surface area contributed by atoms with E-state index in [9.17, 15) is 32.3 Å². The van der Waals surface area contributed by atoms with Crippen LogP contribution in [-0.4, -0.2) is 33.2 Å². The Morgan fingerprint density at radius 3 is 2.34 bits per heavy atom. The smallest absolute Gasteiger partial charge is 0.507 e. The summed E-state index contributed by atoms with van der Waals surface area (Å²) in [5.74, 6) is -1.45. The molecule has 12 heteroatoms. The highest BCUT2D eigenvalue weighted by Crippen LogP contribution is 2.39. The fourth-order valence-electron chi connectivity index (χ4n) is 4.37. The molecule has 1 heterocycles. The van der Waals surface area contributed by atoms with Gasteiger partial charge in [0.15, 0.2) is 0 Å². The summed E-state index contributed by atoms with van der Waals surface area (Å²) >= 11 is 0. The molecule has 0 bridgehead atoms. The van der Waals surface area contributed by atoms with E-state index in [-0.39, 0.29) is 35.2 Å². The van der Waals surface area contributed by atoms with Gasteiger partial charge < -0.3 is 20.5 Å². The predicted molar refractivity (Wildman–Crippen MR) is 141 cm³/mol. The van der Waals surface area contributed by atoms with Crippen molar-refractivity contribution < 1.29 is 37.0 Å². The minimum absolute atomic E-state index is 0.0866. The third kappa shape index (κ3) is 6.65. The van der Waals surface area contributed by atoms with Gasteiger partial charge in [0.05, 0.1) is 11.4 Å². The van der Waals surface area contributed by atoms with Crippen molar-refractivity contribution in [2.24, 2.45) is 0 Å². The Labute approximate surface area is 231 Å². The molecule has 3 N–H and O–H groups in total. The second kappa shape index (κ2) is 11.3. The molecule has 0 radical (unpaired) electrons. The van der Waals surface area contributed by atoms with Gasteiger partial charge in [0, 0.05) is 29.3 Å². The number of nitrogens with one attached hydrogen (secondary N) is 2. The number of hydrogen-bond acceptors (Lipinski definition) is 5. The van der Waals surface area contributed by atoms with Crippen molar-refractivity contribution in [2.75, 3.05) is 5.32 Å². The molecule has 1 aliphatic rings. The van der Waals surface area contributed by atoms with Crippen molar-refractivity contribution in [3.05, 3.63) is 95.4 Å². The Morgan fingerprint density at radius 1 is 1.00 bits per heavy atom. The van der Waals surface area contributed by atoms with E-state index in [4.69, 9.17) is 0 Å². The zero-order valence-electron chi connectivity index (χ0n) is 21.4. The van der Waals surface area contributed by atoms with Crippen molar-refractivity contribution in [1.82, 2.24) is 15.1 Å². The molecule has 3 aromatic carbocycles. The Hall–Kier alpha value is -4.87. The number of amides is 2. The zero-order valence-corrected chi connectivity index (χ0v) is 21.4. The molecule has 1 saturated carbocycles. The highest BCUT2D eigenvalue weighted by molar-refractivity contribution is 6.04. The summed E-state index contributed by atoms with van der Waals surface area (Å²) in [4.78, 5) is 25.8. The third-order valence-electron chi connectivity index (χ3n) is 6.69. The first kappa shape index (κ1) is 27.7. The molecular weight excluding hydrogens is 544 g/mol. The van der Waals surface area contributed by atoms with E-state index in [1.807, 2.05) is 0 Å². The number of nitrogens with zero attached hydrogens (tertiary/aromatic N) is 2.